The maximum atomic E-state index is 11.2. The Bertz CT molecular complexity index is 903. The van der Waals surface area contributed by atoms with Gasteiger partial charge in [-0.05, 0) is 46.5 Å². The zero-order valence-electron chi connectivity index (χ0n) is 16.6. The first-order valence-electron chi connectivity index (χ1n) is 8.84. The monoisotopic (exact) mass is 421 g/mol. The molecule has 2 rings (SSSR count). The Kier molecular flexibility index (Phi) is 7.03. The normalized spacial score (nSPS) is 11.8. The van der Waals surface area contributed by atoms with E-state index in [4.69, 9.17) is 12.2 Å². The maximum Gasteiger partial charge on any atom is 0.229 e. The topological polar surface area (TPSA) is 81.7 Å². The molecule has 0 saturated carbocycles. The molecule has 0 radical (unpaired) electrons. The smallest absolute Gasteiger partial charge is 0.229 e. The predicted molar refractivity (Wildman–Crippen MR) is 117 cm³/mol. The number of rotatable bonds is 6. The minimum Gasteiger partial charge on any atom is -0.357 e. The van der Waals surface area contributed by atoms with Gasteiger partial charge in [-0.3, -0.25) is 9.93 Å². The third-order valence-electron chi connectivity index (χ3n) is 4.09. The van der Waals surface area contributed by atoms with Crippen LogP contribution >= 0.6 is 12.2 Å². The molecule has 0 atom stereocenters. The highest BCUT2D eigenvalue weighted by atomic mass is 32.2. The van der Waals surface area contributed by atoms with Crippen LogP contribution in [0.4, 0.5) is 5.69 Å². The van der Waals surface area contributed by atoms with Crippen LogP contribution in [0.3, 0.4) is 0 Å². The summed E-state index contributed by atoms with van der Waals surface area (Å²) in [5.74, 6) is 0. The first kappa shape index (κ1) is 22.1. The molecule has 0 heterocycles. The number of hydrogen-bond donors (Lipinski definition) is 3. The number of nitrogens with zero attached hydrogens (tertiary/aromatic N) is 1. The van der Waals surface area contributed by atoms with Crippen LogP contribution in [0.2, 0.25) is 0 Å². The largest absolute Gasteiger partial charge is 0.357 e. The first-order valence-corrected chi connectivity index (χ1v) is 11.1. The summed E-state index contributed by atoms with van der Waals surface area (Å²) in [7, 11) is -3.31. The molecule has 8 heteroatoms. The van der Waals surface area contributed by atoms with Crippen LogP contribution in [0.15, 0.2) is 48.5 Å². The maximum absolute atomic E-state index is 11.2. The third kappa shape index (κ3) is 7.10. The summed E-state index contributed by atoms with van der Waals surface area (Å²) in [5.41, 5.74) is 3.70. The van der Waals surface area contributed by atoms with E-state index < -0.39 is 10.0 Å². The molecule has 0 bridgehead atoms. The molecule has 2 aromatic carbocycles. The van der Waals surface area contributed by atoms with Gasteiger partial charge in [0.2, 0.25) is 10.0 Å². The van der Waals surface area contributed by atoms with Crippen LogP contribution in [0.25, 0.3) is 0 Å². The Balaban J connectivity index is 1.87. The molecule has 0 unspecified atom stereocenters. The highest BCUT2D eigenvalue weighted by Crippen LogP contribution is 2.22. The van der Waals surface area contributed by atoms with Crippen molar-refractivity contribution >= 4 is 33.0 Å². The minimum atomic E-state index is -3.31. The van der Waals surface area contributed by atoms with E-state index in [0.717, 1.165) is 22.4 Å². The lowest BCUT2D eigenvalue weighted by Gasteiger charge is -2.20. The molecular weight excluding hydrogens is 394 g/mol. The SMILES string of the molecule is CC(C)(C)c1ccc(CNC(=S)N(O)Cc2ccc(NS(C)(=O)=O)cc2)cc1. The summed E-state index contributed by atoms with van der Waals surface area (Å²) < 4.78 is 24.8. The summed E-state index contributed by atoms with van der Waals surface area (Å²) in [4.78, 5) is 0. The van der Waals surface area contributed by atoms with Crippen molar-refractivity contribution in [2.75, 3.05) is 11.0 Å². The Hall–Kier alpha value is -2.16. The van der Waals surface area contributed by atoms with Crippen molar-refractivity contribution in [1.82, 2.24) is 10.4 Å². The highest BCUT2D eigenvalue weighted by molar-refractivity contribution is 7.92. The van der Waals surface area contributed by atoms with Gasteiger partial charge in [0.15, 0.2) is 5.11 Å². The van der Waals surface area contributed by atoms with E-state index in [1.54, 1.807) is 24.3 Å². The lowest BCUT2D eigenvalue weighted by molar-refractivity contribution is -0.0237. The van der Waals surface area contributed by atoms with E-state index in [-0.39, 0.29) is 17.1 Å². The van der Waals surface area contributed by atoms with Crippen molar-refractivity contribution in [2.45, 2.75) is 39.3 Å². The van der Waals surface area contributed by atoms with Crippen molar-refractivity contribution in [2.24, 2.45) is 0 Å². The second kappa shape index (κ2) is 8.89. The van der Waals surface area contributed by atoms with Crippen molar-refractivity contribution < 1.29 is 13.6 Å². The van der Waals surface area contributed by atoms with Gasteiger partial charge in [0.1, 0.15) is 0 Å². The second-order valence-corrected chi connectivity index (χ2v) is 9.87. The molecule has 0 aliphatic carbocycles. The van der Waals surface area contributed by atoms with Gasteiger partial charge < -0.3 is 5.32 Å². The number of anilines is 1. The summed E-state index contributed by atoms with van der Waals surface area (Å²) in [6.45, 7) is 7.21. The van der Waals surface area contributed by atoms with E-state index in [9.17, 15) is 13.6 Å². The quantitative estimate of drug-likeness (QED) is 0.488. The van der Waals surface area contributed by atoms with Gasteiger partial charge >= 0.3 is 0 Å². The van der Waals surface area contributed by atoms with Gasteiger partial charge in [-0.2, -0.15) is 0 Å². The first-order chi connectivity index (χ1) is 12.9. The zero-order chi connectivity index (χ0) is 20.9. The van der Waals surface area contributed by atoms with Gasteiger partial charge in [-0.1, -0.05) is 57.2 Å². The van der Waals surface area contributed by atoms with Crippen LogP contribution in [0, 0.1) is 0 Å². The fourth-order valence-electron chi connectivity index (χ4n) is 2.53. The van der Waals surface area contributed by atoms with Crippen LogP contribution in [0.1, 0.15) is 37.5 Å². The Morgan fingerprint density at radius 1 is 1.04 bits per heavy atom. The zero-order valence-corrected chi connectivity index (χ0v) is 18.2. The fraction of sp³-hybridized carbons (Fsp3) is 0.350. The highest BCUT2D eigenvalue weighted by Gasteiger charge is 2.13. The number of nitrogens with one attached hydrogen (secondary N) is 2. The van der Waals surface area contributed by atoms with E-state index in [2.05, 4.69) is 42.9 Å². The lowest BCUT2D eigenvalue weighted by Crippen LogP contribution is -2.36. The molecular formula is C20H27N3O3S2. The van der Waals surface area contributed by atoms with Gasteiger partial charge in [0, 0.05) is 12.2 Å². The van der Waals surface area contributed by atoms with Gasteiger partial charge in [0.25, 0.3) is 0 Å². The lowest BCUT2D eigenvalue weighted by atomic mass is 9.87. The predicted octanol–water partition coefficient (Wildman–Crippen LogP) is 3.62. The van der Waals surface area contributed by atoms with Gasteiger partial charge in [-0.25, -0.2) is 13.5 Å². The molecule has 3 N–H and O–H groups in total. The van der Waals surface area contributed by atoms with E-state index in [0.29, 0.717) is 12.2 Å². The van der Waals surface area contributed by atoms with E-state index in [1.807, 2.05) is 12.1 Å². The Labute approximate surface area is 172 Å². The third-order valence-corrected chi connectivity index (χ3v) is 5.05. The van der Waals surface area contributed by atoms with Crippen LogP contribution in [0.5, 0.6) is 0 Å². The molecule has 0 fully saturated rings. The van der Waals surface area contributed by atoms with Crippen LogP contribution in [-0.4, -0.2) is 30.1 Å². The number of sulfonamides is 1. The van der Waals surface area contributed by atoms with Crippen LogP contribution < -0.4 is 10.0 Å². The number of hydroxylamine groups is 2. The van der Waals surface area contributed by atoms with Crippen molar-refractivity contribution in [1.29, 1.82) is 0 Å². The van der Waals surface area contributed by atoms with E-state index >= 15 is 0 Å². The summed E-state index contributed by atoms with van der Waals surface area (Å²) >= 11 is 5.23. The Morgan fingerprint density at radius 2 is 1.57 bits per heavy atom. The minimum absolute atomic E-state index is 0.107. The molecule has 0 amide bonds. The summed E-state index contributed by atoms with van der Waals surface area (Å²) in [5, 5.41) is 14.4. The molecule has 0 aliphatic heterocycles. The standard InChI is InChI=1S/C20H27N3O3S2/c1-20(2,3)17-9-5-15(6-10-17)13-21-19(27)23(24)14-16-7-11-18(12-8-16)22-28(4,25)26/h5-12,22,24H,13-14H2,1-4H3,(H,21,27). The van der Waals surface area contributed by atoms with E-state index in [1.165, 1.54) is 5.56 Å². The summed E-state index contributed by atoms with van der Waals surface area (Å²) in [6.07, 6.45) is 1.09. The van der Waals surface area contributed by atoms with Crippen LogP contribution in [-0.2, 0) is 28.5 Å². The molecule has 0 saturated heterocycles. The molecule has 0 spiro atoms. The molecule has 0 aromatic heterocycles. The fourth-order valence-corrected chi connectivity index (χ4v) is 3.23. The molecule has 0 aliphatic rings. The molecule has 2 aromatic rings. The number of benzene rings is 2. The van der Waals surface area contributed by atoms with Crippen molar-refractivity contribution in [3.63, 3.8) is 0 Å². The Morgan fingerprint density at radius 3 is 2.07 bits per heavy atom. The average Bonchev–Trinajstić information content (AvgIpc) is 2.59. The van der Waals surface area contributed by atoms with Gasteiger partial charge in [-0.15, -0.1) is 0 Å². The second-order valence-electron chi connectivity index (χ2n) is 7.73. The summed E-state index contributed by atoms with van der Waals surface area (Å²) in [6, 6.07) is 15.0. The number of thiocarbonyl (C=S) groups is 1. The van der Waals surface area contributed by atoms with Gasteiger partial charge in [0.05, 0.1) is 12.8 Å². The molecule has 6 nitrogen and oxygen atoms in total. The number of hydrogen-bond acceptors (Lipinski definition) is 4. The molecule has 28 heavy (non-hydrogen) atoms. The van der Waals surface area contributed by atoms with Crippen molar-refractivity contribution in [3.05, 3.63) is 65.2 Å². The van der Waals surface area contributed by atoms with Crippen molar-refractivity contribution in [3.8, 4) is 0 Å². The molecule has 152 valence electrons. The average molecular weight is 422 g/mol.